The molecule has 0 saturated heterocycles. The smallest absolute Gasteiger partial charge is 0.0322 e. The van der Waals surface area contributed by atoms with Crippen molar-refractivity contribution in [2.75, 3.05) is 19.6 Å². The lowest BCUT2D eigenvalue weighted by atomic mass is 10.1. The molecule has 1 unspecified atom stereocenters. The number of nitrogens with two attached hydrogens (primary N) is 1. The molecule has 150 valence electrons. The van der Waals surface area contributed by atoms with Gasteiger partial charge < -0.3 is 11.1 Å². The molecule has 1 aromatic rings. The second kappa shape index (κ2) is 23.4. The third-order valence-corrected chi connectivity index (χ3v) is 3.77. The van der Waals surface area contributed by atoms with Crippen LogP contribution in [-0.4, -0.2) is 25.7 Å². The van der Waals surface area contributed by atoms with Gasteiger partial charge in [-0.15, -0.1) is 0 Å². The lowest BCUT2D eigenvalue weighted by Gasteiger charge is -2.22. The minimum atomic E-state index is 0.447. The van der Waals surface area contributed by atoms with Gasteiger partial charge in [-0.25, -0.2) is 0 Å². The average Bonchev–Trinajstić information content (AvgIpc) is 2.63. The molecule has 0 spiro atoms. The van der Waals surface area contributed by atoms with Gasteiger partial charge in [0, 0.05) is 30.6 Å². The Morgan fingerprint density at radius 1 is 1.00 bits per heavy atom. The van der Waals surface area contributed by atoms with Crippen LogP contribution in [0.4, 0.5) is 0 Å². The van der Waals surface area contributed by atoms with Gasteiger partial charge in [0.1, 0.15) is 0 Å². The van der Waals surface area contributed by atoms with E-state index in [1.165, 1.54) is 16.9 Å². The summed E-state index contributed by atoms with van der Waals surface area (Å²) in [6.45, 7) is 21.3. The number of hydrogen-bond donors (Lipinski definition) is 3. The molecule has 4 N–H and O–H groups in total. The van der Waals surface area contributed by atoms with Crippen LogP contribution in [0.2, 0.25) is 0 Å². The maximum atomic E-state index is 5.48. The summed E-state index contributed by atoms with van der Waals surface area (Å²) in [5, 5.41) is 3.36. The van der Waals surface area contributed by atoms with Gasteiger partial charge in [-0.2, -0.15) is 0 Å². The first-order valence-corrected chi connectivity index (χ1v) is 10.8. The van der Waals surface area contributed by atoms with E-state index in [1.54, 1.807) is 11.9 Å². The van der Waals surface area contributed by atoms with Crippen molar-refractivity contribution in [1.29, 1.82) is 0 Å². The second-order valence-corrected chi connectivity index (χ2v) is 6.49. The van der Waals surface area contributed by atoms with E-state index < -0.39 is 0 Å². The number of benzene rings is 1. The highest BCUT2D eigenvalue weighted by molar-refractivity contribution is 7.97. The minimum absolute atomic E-state index is 0.447. The molecular formula is C21H45N3S. The van der Waals surface area contributed by atoms with Gasteiger partial charge in [-0.3, -0.25) is 4.72 Å². The Balaban J connectivity index is -0.000000605. The van der Waals surface area contributed by atoms with Gasteiger partial charge in [-0.05, 0) is 36.9 Å². The van der Waals surface area contributed by atoms with Gasteiger partial charge in [0.05, 0.1) is 0 Å². The molecule has 0 aromatic heterocycles. The molecule has 3 nitrogen and oxygen atoms in total. The van der Waals surface area contributed by atoms with Crippen molar-refractivity contribution in [3.63, 3.8) is 0 Å². The fourth-order valence-electron chi connectivity index (χ4n) is 1.52. The molecule has 0 aliphatic rings. The first-order chi connectivity index (χ1) is 12.0. The summed E-state index contributed by atoms with van der Waals surface area (Å²) in [5.41, 5.74) is 6.78. The van der Waals surface area contributed by atoms with Crippen molar-refractivity contribution >= 4 is 11.9 Å². The Labute approximate surface area is 163 Å². The number of hydrogen-bond acceptors (Lipinski definition) is 4. The first-order valence-electron chi connectivity index (χ1n) is 9.94. The zero-order valence-electron chi connectivity index (χ0n) is 18.3. The molecule has 0 heterocycles. The highest BCUT2D eigenvalue weighted by atomic mass is 32.2. The summed E-state index contributed by atoms with van der Waals surface area (Å²) in [6.07, 6.45) is 1.25. The summed E-state index contributed by atoms with van der Waals surface area (Å²) in [5.74, 6) is 0.591. The highest BCUT2D eigenvalue weighted by Gasteiger charge is 2.12. The molecule has 4 heteroatoms. The molecule has 0 aliphatic heterocycles. The van der Waals surface area contributed by atoms with E-state index in [9.17, 15) is 0 Å². The molecule has 0 amide bonds. The van der Waals surface area contributed by atoms with E-state index >= 15 is 0 Å². The third kappa shape index (κ3) is 19.6. The maximum absolute atomic E-state index is 5.48. The Kier molecular flexibility index (Phi) is 27.4. The molecule has 0 bridgehead atoms. The zero-order chi connectivity index (χ0) is 20.1. The molecular weight excluding hydrogens is 326 g/mol. The molecule has 1 aromatic carbocycles. The summed E-state index contributed by atoms with van der Waals surface area (Å²) in [7, 11) is 0. The number of rotatable bonds is 8. The van der Waals surface area contributed by atoms with Crippen LogP contribution in [0.1, 0.15) is 67.4 Å². The Morgan fingerprint density at radius 3 is 1.88 bits per heavy atom. The van der Waals surface area contributed by atoms with Crippen LogP contribution in [0.3, 0.4) is 0 Å². The number of aryl methyl sites for hydroxylation is 1. The quantitative estimate of drug-likeness (QED) is 0.409. The van der Waals surface area contributed by atoms with E-state index in [0.717, 1.165) is 13.1 Å². The molecule has 0 radical (unpaired) electrons. The normalized spacial score (nSPS) is 10.5. The van der Waals surface area contributed by atoms with E-state index in [2.05, 4.69) is 68.9 Å². The lowest BCUT2D eigenvalue weighted by molar-refractivity contribution is 0.439. The fraction of sp³-hybridized carbons (Fsp3) is 0.714. The van der Waals surface area contributed by atoms with Crippen molar-refractivity contribution < 1.29 is 0 Å². The van der Waals surface area contributed by atoms with Crippen molar-refractivity contribution in [3.8, 4) is 0 Å². The van der Waals surface area contributed by atoms with Crippen LogP contribution in [-0.2, 0) is 0 Å². The molecule has 1 rings (SSSR count). The van der Waals surface area contributed by atoms with Crippen molar-refractivity contribution in [1.82, 2.24) is 10.0 Å². The van der Waals surface area contributed by atoms with Gasteiger partial charge in [0.2, 0.25) is 0 Å². The van der Waals surface area contributed by atoms with Crippen molar-refractivity contribution in [2.45, 2.75) is 79.7 Å². The minimum Gasteiger partial charge on any atom is -0.329 e. The van der Waals surface area contributed by atoms with Crippen LogP contribution < -0.4 is 15.8 Å². The molecule has 0 aliphatic carbocycles. The predicted octanol–water partition coefficient (Wildman–Crippen LogP) is 5.63. The summed E-state index contributed by atoms with van der Waals surface area (Å²) in [4.78, 5) is 1.25. The molecule has 0 saturated carbocycles. The predicted molar refractivity (Wildman–Crippen MR) is 119 cm³/mol. The van der Waals surface area contributed by atoms with Gasteiger partial charge in [-0.1, -0.05) is 79.5 Å². The summed E-state index contributed by atoms with van der Waals surface area (Å²) >= 11 is 1.70. The van der Waals surface area contributed by atoms with Crippen LogP contribution in [0.15, 0.2) is 29.2 Å². The Hall–Kier alpha value is -0.550. The SMILES string of the molecule is CC.CC.CCC.Cc1ccc(SNC(CNCCN)C(C)C)cc1. The van der Waals surface area contributed by atoms with E-state index in [-0.39, 0.29) is 0 Å². The van der Waals surface area contributed by atoms with Gasteiger partial charge >= 0.3 is 0 Å². The van der Waals surface area contributed by atoms with Gasteiger partial charge in [0.15, 0.2) is 0 Å². The van der Waals surface area contributed by atoms with Crippen LogP contribution in [0.5, 0.6) is 0 Å². The maximum Gasteiger partial charge on any atom is 0.0322 e. The zero-order valence-corrected chi connectivity index (χ0v) is 19.1. The van der Waals surface area contributed by atoms with E-state index in [0.29, 0.717) is 18.5 Å². The number of nitrogens with one attached hydrogen (secondary N) is 2. The molecule has 25 heavy (non-hydrogen) atoms. The monoisotopic (exact) mass is 371 g/mol. The van der Waals surface area contributed by atoms with Crippen LogP contribution in [0, 0.1) is 12.8 Å². The van der Waals surface area contributed by atoms with E-state index in [4.69, 9.17) is 5.73 Å². The van der Waals surface area contributed by atoms with Crippen molar-refractivity contribution in [3.05, 3.63) is 29.8 Å². The standard InChI is InChI=1S/C14H25N3S.C3H8.2C2H6/c1-11(2)14(10-16-9-8-15)17-18-13-6-4-12(3)5-7-13;1-3-2;2*1-2/h4-7,11,14,16-17H,8-10,15H2,1-3H3;3H2,1-2H3;2*1-2H3. The second-order valence-electron chi connectivity index (χ2n) is 5.58. The average molecular weight is 372 g/mol. The molecule has 1 atom stereocenters. The van der Waals surface area contributed by atoms with Crippen molar-refractivity contribution in [2.24, 2.45) is 11.7 Å². The topological polar surface area (TPSA) is 50.1 Å². The summed E-state index contributed by atoms with van der Waals surface area (Å²) in [6, 6.07) is 9.03. The lowest BCUT2D eigenvalue weighted by Crippen LogP contribution is -2.40. The van der Waals surface area contributed by atoms with Gasteiger partial charge in [0.25, 0.3) is 0 Å². The Morgan fingerprint density at radius 2 is 1.48 bits per heavy atom. The van der Waals surface area contributed by atoms with E-state index in [1.807, 2.05) is 27.7 Å². The van der Waals surface area contributed by atoms with Crippen LogP contribution >= 0.6 is 11.9 Å². The third-order valence-electron chi connectivity index (χ3n) is 2.84. The first kappa shape index (κ1) is 29.2. The molecule has 0 fully saturated rings. The largest absolute Gasteiger partial charge is 0.329 e. The Bertz CT molecular complexity index is 339. The fourth-order valence-corrected chi connectivity index (χ4v) is 2.44. The highest BCUT2D eigenvalue weighted by Crippen LogP contribution is 2.17. The van der Waals surface area contributed by atoms with Crippen LogP contribution in [0.25, 0.3) is 0 Å². The summed E-state index contributed by atoms with van der Waals surface area (Å²) < 4.78 is 3.53.